The molecular weight excluding hydrogens is 190 g/mol. The van der Waals surface area contributed by atoms with E-state index in [1.54, 1.807) is 12.1 Å². The van der Waals surface area contributed by atoms with E-state index < -0.39 is 0 Å². The molecule has 2 rings (SSSR count). The van der Waals surface area contributed by atoms with E-state index >= 15 is 0 Å². The van der Waals surface area contributed by atoms with Crippen molar-refractivity contribution >= 4 is 0 Å². The van der Waals surface area contributed by atoms with Gasteiger partial charge in [0.05, 0.1) is 0 Å². The number of phenolic OH excluding ortho intramolecular Hbond substituents is 2. The van der Waals surface area contributed by atoms with Crippen LogP contribution in [0, 0.1) is 0 Å². The van der Waals surface area contributed by atoms with Crippen molar-refractivity contribution in [2.45, 2.75) is 31.1 Å². The quantitative estimate of drug-likeness (QED) is 0.663. The van der Waals surface area contributed by atoms with Gasteiger partial charge in [0.1, 0.15) is 11.5 Å². The first kappa shape index (κ1) is 10.3. The first-order chi connectivity index (χ1) is 7.18. The molecule has 0 atom stereocenters. The molecule has 0 aliphatic heterocycles. The van der Waals surface area contributed by atoms with Crippen molar-refractivity contribution in [1.29, 1.82) is 0 Å². The van der Waals surface area contributed by atoms with Crippen LogP contribution in [0.4, 0.5) is 0 Å². The molecule has 1 aromatic rings. The lowest BCUT2D eigenvalue weighted by Gasteiger charge is -2.42. The second kappa shape index (κ2) is 3.74. The summed E-state index contributed by atoms with van der Waals surface area (Å²) >= 11 is 0. The van der Waals surface area contributed by atoms with Crippen molar-refractivity contribution in [2.75, 3.05) is 6.54 Å². The van der Waals surface area contributed by atoms with Crippen molar-refractivity contribution in [3.05, 3.63) is 23.8 Å². The standard InChI is InChI=1S/C12H17NO2/c13-7-6-12(4-1-5-12)10-8-9(14)2-3-11(10)15/h2-3,8,14-15H,1,4-7,13H2. The minimum Gasteiger partial charge on any atom is -0.508 e. The van der Waals surface area contributed by atoms with Gasteiger partial charge in [-0.15, -0.1) is 0 Å². The van der Waals surface area contributed by atoms with Gasteiger partial charge in [0, 0.05) is 11.0 Å². The molecule has 1 aliphatic rings. The maximum atomic E-state index is 9.81. The summed E-state index contributed by atoms with van der Waals surface area (Å²) in [5, 5.41) is 19.3. The van der Waals surface area contributed by atoms with Gasteiger partial charge in [-0.2, -0.15) is 0 Å². The monoisotopic (exact) mass is 207 g/mol. The molecule has 1 fully saturated rings. The fourth-order valence-electron chi connectivity index (χ4n) is 2.48. The van der Waals surface area contributed by atoms with Crippen molar-refractivity contribution in [1.82, 2.24) is 0 Å². The summed E-state index contributed by atoms with van der Waals surface area (Å²) in [4.78, 5) is 0. The smallest absolute Gasteiger partial charge is 0.119 e. The average molecular weight is 207 g/mol. The Labute approximate surface area is 89.5 Å². The number of hydrogen-bond acceptors (Lipinski definition) is 3. The van der Waals surface area contributed by atoms with E-state index in [1.165, 1.54) is 12.5 Å². The fourth-order valence-corrected chi connectivity index (χ4v) is 2.48. The zero-order valence-electron chi connectivity index (χ0n) is 8.74. The largest absolute Gasteiger partial charge is 0.508 e. The summed E-state index contributed by atoms with van der Waals surface area (Å²) in [5.41, 5.74) is 6.48. The molecule has 0 heterocycles. The third-order valence-electron chi connectivity index (χ3n) is 3.49. The molecule has 0 unspecified atom stereocenters. The van der Waals surface area contributed by atoms with Gasteiger partial charge < -0.3 is 15.9 Å². The van der Waals surface area contributed by atoms with Gasteiger partial charge >= 0.3 is 0 Å². The molecule has 3 heteroatoms. The van der Waals surface area contributed by atoms with Crippen LogP contribution in [0.15, 0.2) is 18.2 Å². The van der Waals surface area contributed by atoms with E-state index in [9.17, 15) is 10.2 Å². The normalized spacial score (nSPS) is 18.5. The van der Waals surface area contributed by atoms with Crippen LogP contribution in [0.5, 0.6) is 11.5 Å². The van der Waals surface area contributed by atoms with E-state index in [2.05, 4.69) is 0 Å². The lowest BCUT2D eigenvalue weighted by Crippen LogP contribution is -2.36. The lowest BCUT2D eigenvalue weighted by molar-refractivity contribution is 0.222. The molecule has 1 aliphatic carbocycles. The Morgan fingerprint density at radius 3 is 2.53 bits per heavy atom. The van der Waals surface area contributed by atoms with Gasteiger partial charge in [-0.05, 0) is 44.0 Å². The van der Waals surface area contributed by atoms with Crippen LogP contribution in [0.3, 0.4) is 0 Å². The zero-order valence-corrected chi connectivity index (χ0v) is 8.74. The molecule has 15 heavy (non-hydrogen) atoms. The van der Waals surface area contributed by atoms with Crippen LogP contribution in [0.25, 0.3) is 0 Å². The van der Waals surface area contributed by atoms with Crippen LogP contribution < -0.4 is 5.73 Å². The maximum absolute atomic E-state index is 9.81. The van der Waals surface area contributed by atoms with E-state index in [-0.39, 0.29) is 16.9 Å². The van der Waals surface area contributed by atoms with Crippen molar-refractivity contribution < 1.29 is 10.2 Å². The highest BCUT2D eigenvalue weighted by Crippen LogP contribution is 2.49. The number of aromatic hydroxyl groups is 2. The van der Waals surface area contributed by atoms with Gasteiger partial charge in [0.25, 0.3) is 0 Å². The van der Waals surface area contributed by atoms with Gasteiger partial charge in [0.15, 0.2) is 0 Å². The van der Waals surface area contributed by atoms with Crippen LogP contribution in [0.2, 0.25) is 0 Å². The zero-order chi connectivity index (χ0) is 10.9. The first-order valence-corrected chi connectivity index (χ1v) is 5.40. The highest BCUT2D eigenvalue weighted by atomic mass is 16.3. The van der Waals surface area contributed by atoms with E-state index in [1.807, 2.05) is 0 Å². The van der Waals surface area contributed by atoms with Crippen molar-refractivity contribution in [3.8, 4) is 11.5 Å². The average Bonchev–Trinajstić information content (AvgIpc) is 2.16. The third-order valence-corrected chi connectivity index (χ3v) is 3.49. The Morgan fingerprint density at radius 2 is 2.00 bits per heavy atom. The fraction of sp³-hybridized carbons (Fsp3) is 0.500. The predicted molar refractivity (Wildman–Crippen MR) is 59.0 cm³/mol. The van der Waals surface area contributed by atoms with E-state index in [0.717, 1.165) is 24.8 Å². The molecule has 1 aromatic carbocycles. The summed E-state index contributed by atoms with van der Waals surface area (Å²) in [6.07, 6.45) is 4.17. The van der Waals surface area contributed by atoms with E-state index in [4.69, 9.17) is 5.73 Å². The molecule has 4 N–H and O–H groups in total. The second-order valence-electron chi connectivity index (χ2n) is 4.37. The number of rotatable bonds is 3. The van der Waals surface area contributed by atoms with Crippen LogP contribution in [-0.4, -0.2) is 16.8 Å². The van der Waals surface area contributed by atoms with Gasteiger partial charge in [-0.1, -0.05) is 6.42 Å². The number of hydrogen-bond donors (Lipinski definition) is 3. The Balaban J connectivity index is 2.37. The van der Waals surface area contributed by atoms with Crippen LogP contribution in [0.1, 0.15) is 31.2 Å². The number of benzene rings is 1. The minimum atomic E-state index is 0.0115. The predicted octanol–water partition coefficient (Wildman–Crippen LogP) is 1.87. The molecule has 0 radical (unpaired) electrons. The maximum Gasteiger partial charge on any atom is 0.119 e. The highest BCUT2D eigenvalue weighted by molar-refractivity contribution is 5.44. The molecular formula is C12H17NO2. The third kappa shape index (κ3) is 1.67. The van der Waals surface area contributed by atoms with Crippen LogP contribution >= 0.6 is 0 Å². The Bertz CT molecular complexity index is 359. The molecule has 0 spiro atoms. The Hall–Kier alpha value is -1.22. The SMILES string of the molecule is NCCC1(c2cc(O)ccc2O)CCC1. The number of phenols is 2. The van der Waals surface area contributed by atoms with Crippen molar-refractivity contribution in [3.63, 3.8) is 0 Å². The summed E-state index contributed by atoms with van der Waals surface area (Å²) in [6, 6.07) is 4.74. The molecule has 3 nitrogen and oxygen atoms in total. The first-order valence-electron chi connectivity index (χ1n) is 5.40. The Morgan fingerprint density at radius 1 is 1.27 bits per heavy atom. The lowest BCUT2D eigenvalue weighted by atomic mass is 9.62. The van der Waals surface area contributed by atoms with Gasteiger partial charge in [-0.25, -0.2) is 0 Å². The summed E-state index contributed by atoms with van der Waals surface area (Å²) in [6.45, 7) is 0.620. The molecule has 0 aromatic heterocycles. The Kier molecular flexibility index (Phi) is 2.57. The van der Waals surface area contributed by atoms with Crippen LogP contribution in [-0.2, 0) is 5.41 Å². The van der Waals surface area contributed by atoms with Crippen molar-refractivity contribution in [2.24, 2.45) is 5.73 Å². The molecule has 1 saturated carbocycles. The van der Waals surface area contributed by atoms with E-state index in [0.29, 0.717) is 6.54 Å². The highest BCUT2D eigenvalue weighted by Gasteiger charge is 2.39. The second-order valence-corrected chi connectivity index (χ2v) is 4.37. The summed E-state index contributed by atoms with van der Waals surface area (Å²) < 4.78 is 0. The minimum absolute atomic E-state index is 0.0115. The molecule has 82 valence electrons. The summed E-state index contributed by atoms with van der Waals surface area (Å²) in [7, 11) is 0. The number of nitrogens with two attached hydrogens (primary N) is 1. The van der Waals surface area contributed by atoms with Gasteiger partial charge in [0.2, 0.25) is 0 Å². The summed E-state index contributed by atoms with van der Waals surface area (Å²) in [5.74, 6) is 0.493. The molecule has 0 amide bonds. The van der Waals surface area contributed by atoms with Gasteiger partial charge in [-0.3, -0.25) is 0 Å². The topological polar surface area (TPSA) is 66.5 Å². The molecule has 0 saturated heterocycles. The molecule has 0 bridgehead atoms.